The van der Waals surface area contributed by atoms with Crippen LogP contribution in [0.3, 0.4) is 0 Å². The summed E-state index contributed by atoms with van der Waals surface area (Å²) >= 11 is 0. The molecule has 0 spiro atoms. The van der Waals surface area contributed by atoms with Gasteiger partial charge in [-0.3, -0.25) is 0 Å². The Balaban J connectivity index is 1.90. The fourth-order valence-corrected chi connectivity index (χ4v) is 2.87. The summed E-state index contributed by atoms with van der Waals surface area (Å²) in [6, 6.07) is 0.482. The second-order valence-electron chi connectivity index (χ2n) is 4.85. The molecule has 0 aromatic rings. The van der Waals surface area contributed by atoms with Crippen LogP contribution < -0.4 is 5.32 Å². The zero-order valence-corrected chi connectivity index (χ0v) is 9.87. The fraction of sp³-hybridized carbons (Fsp3) is 1.00. The molecule has 0 radical (unpaired) electrons. The quantitative estimate of drug-likeness (QED) is 0.772. The summed E-state index contributed by atoms with van der Waals surface area (Å²) in [5.74, 6) is 0.638. The van der Waals surface area contributed by atoms with Crippen LogP contribution in [-0.2, 0) is 9.47 Å². The van der Waals surface area contributed by atoms with Gasteiger partial charge in [-0.25, -0.2) is 0 Å². The minimum atomic E-state index is 0.400. The van der Waals surface area contributed by atoms with Crippen molar-refractivity contribution in [3.63, 3.8) is 0 Å². The standard InChI is InChI=1S/C12H23NO2/c1-9-5-6-11(15-9)12(13-2)10-4-3-7-14-8-10/h9-13H,3-8H2,1-2H3. The highest BCUT2D eigenvalue weighted by Crippen LogP contribution is 2.28. The van der Waals surface area contributed by atoms with E-state index in [9.17, 15) is 0 Å². The van der Waals surface area contributed by atoms with Gasteiger partial charge in [0.15, 0.2) is 0 Å². The maximum atomic E-state index is 5.95. The van der Waals surface area contributed by atoms with Gasteiger partial charge in [-0.15, -0.1) is 0 Å². The lowest BCUT2D eigenvalue weighted by Gasteiger charge is -2.33. The van der Waals surface area contributed by atoms with Gasteiger partial charge in [-0.05, 0) is 39.7 Å². The van der Waals surface area contributed by atoms with E-state index >= 15 is 0 Å². The van der Waals surface area contributed by atoms with Gasteiger partial charge in [-0.2, -0.15) is 0 Å². The first kappa shape index (κ1) is 11.4. The van der Waals surface area contributed by atoms with Crippen LogP contribution in [0.15, 0.2) is 0 Å². The second kappa shape index (κ2) is 5.28. The van der Waals surface area contributed by atoms with Gasteiger partial charge < -0.3 is 14.8 Å². The molecule has 3 nitrogen and oxygen atoms in total. The third-order valence-electron chi connectivity index (χ3n) is 3.70. The first-order valence-electron chi connectivity index (χ1n) is 6.21. The van der Waals surface area contributed by atoms with Crippen LogP contribution in [-0.4, -0.2) is 38.5 Å². The lowest BCUT2D eigenvalue weighted by molar-refractivity contribution is -0.0186. The van der Waals surface area contributed by atoms with Crippen molar-refractivity contribution >= 4 is 0 Å². The topological polar surface area (TPSA) is 30.5 Å². The Hall–Kier alpha value is -0.120. The zero-order valence-electron chi connectivity index (χ0n) is 9.87. The summed E-state index contributed by atoms with van der Waals surface area (Å²) in [4.78, 5) is 0. The van der Waals surface area contributed by atoms with Crippen LogP contribution in [0.5, 0.6) is 0 Å². The summed E-state index contributed by atoms with van der Waals surface area (Å²) in [6.07, 6.45) is 5.72. The minimum Gasteiger partial charge on any atom is -0.381 e. The number of likely N-dealkylation sites (N-methyl/N-ethyl adjacent to an activating group) is 1. The molecule has 2 rings (SSSR count). The van der Waals surface area contributed by atoms with E-state index in [-0.39, 0.29) is 0 Å². The second-order valence-corrected chi connectivity index (χ2v) is 4.85. The lowest BCUT2D eigenvalue weighted by atomic mass is 9.89. The van der Waals surface area contributed by atoms with Crippen LogP contribution in [0.4, 0.5) is 0 Å². The lowest BCUT2D eigenvalue weighted by Crippen LogP contribution is -2.46. The van der Waals surface area contributed by atoms with Crippen molar-refractivity contribution in [2.75, 3.05) is 20.3 Å². The van der Waals surface area contributed by atoms with Gasteiger partial charge in [0.25, 0.3) is 0 Å². The number of hydrogen-bond acceptors (Lipinski definition) is 3. The van der Waals surface area contributed by atoms with Crippen molar-refractivity contribution in [2.24, 2.45) is 5.92 Å². The highest BCUT2D eigenvalue weighted by atomic mass is 16.5. The maximum absolute atomic E-state index is 5.95. The number of rotatable bonds is 3. The van der Waals surface area contributed by atoms with Crippen molar-refractivity contribution in [3.8, 4) is 0 Å². The Morgan fingerprint density at radius 3 is 2.67 bits per heavy atom. The number of hydrogen-bond donors (Lipinski definition) is 1. The molecule has 2 aliphatic rings. The molecule has 2 saturated heterocycles. The molecular formula is C12H23NO2. The van der Waals surface area contributed by atoms with E-state index in [1.807, 2.05) is 7.05 Å². The van der Waals surface area contributed by atoms with Crippen LogP contribution in [0.2, 0.25) is 0 Å². The van der Waals surface area contributed by atoms with E-state index in [1.165, 1.54) is 25.7 Å². The van der Waals surface area contributed by atoms with Crippen molar-refractivity contribution in [1.82, 2.24) is 5.32 Å². The molecule has 2 fully saturated rings. The van der Waals surface area contributed by atoms with Crippen LogP contribution >= 0.6 is 0 Å². The van der Waals surface area contributed by atoms with E-state index < -0.39 is 0 Å². The molecule has 0 aromatic heterocycles. The van der Waals surface area contributed by atoms with Gasteiger partial charge in [0, 0.05) is 18.6 Å². The molecule has 4 atom stereocenters. The predicted molar refractivity (Wildman–Crippen MR) is 60.0 cm³/mol. The molecule has 2 heterocycles. The Labute approximate surface area is 92.5 Å². The maximum Gasteiger partial charge on any atom is 0.0736 e. The number of ether oxygens (including phenoxy) is 2. The van der Waals surface area contributed by atoms with Gasteiger partial charge >= 0.3 is 0 Å². The summed E-state index contributed by atoms with van der Waals surface area (Å²) < 4.78 is 11.5. The molecule has 88 valence electrons. The third-order valence-corrected chi connectivity index (χ3v) is 3.70. The van der Waals surface area contributed by atoms with Crippen molar-refractivity contribution in [1.29, 1.82) is 0 Å². The molecule has 2 aliphatic heterocycles. The molecule has 0 amide bonds. The van der Waals surface area contributed by atoms with E-state index in [4.69, 9.17) is 9.47 Å². The van der Waals surface area contributed by atoms with E-state index in [2.05, 4.69) is 12.2 Å². The summed E-state index contributed by atoms with van der Waals surface area (Å²) in [5, 5.41) is 3.43. The molecule has 0 saturated carbocycles. The summed E-state index contributed by atoms with van der Waals surface area (Å²) in [5.41, 5.74) is 0. The molecule has 15 heavy (non-hydrogen) atoms. The minimum absolute atomic E-state index is 0.400. The summed E-state index contributed by atoms with van der Waals surface area (Å²) in [6.45, 7) is 4.01. The van der Waals surface area contributed by atoms with Gasteiger partial charge in [0.1, 0.15) is 0 Å². The van der Waals surface area contributed by atoms with Crippen LogP contribution in [0, 0.1) is 5.92 Å². The summed E-state index contributed by atoms with van der Waals surface area (Å²) in [7, 11) is 2.05. The van der Waals surface area contributed by atoms with Gasteiger partial charge in [0.2, 0.25) is 0 Å². The Kier molecular flexibility index (Phi) is 4.00. The van der Waals surface area contributed by atoms with Crippen molar-refractivity contribution in [2.45, 2.75) is 50.9 Å². The van der Waals surface area contributed by atoms with Crippen molar-refractivity contribution < 1.29 is 9.47 Å². The molecular weight excluding hydrogens is 190 g/mol. The molecule has 0 aliphatic carbocycles. The molecule has 4 unspecified atom stereocenters. The van der Waals surface area contributed by atoms with Crippen LogP contribution in [0.1, 0.15) is 32.6 Å². The van der Waals surface area contributed by atoms with E-state index in [0.717, 1.165) is 13.2 Å². The smallest absolute Gasteiger partial charge is 0.0736 e. The van der Waals surface area contributed by atoms with Crippen molar-refractivity contribution in [3.05, 3.63) is 0 Å². The Morgan fingerprint density at radius 2 is 2.13 bits per heavy atom. The fourth-order valence-electron chi connectivity index (χ4n) is 2.87. The zero-order chi connectivity index (χ0) is 10.7. The van der Waals surface area contributed by atoms with Gasteiger partial charge in [-0.1, -0.05) is 0 Å². The SMILES string of the molecule is CNC(C1CCCOC1)C1CCC(C)O1. The highest BCUT2D eigenvalue weighted by molar-refractivity contribution is 4.88. The average molecular weight is 213 g/mol. The first-order chi connectivity index (χ1) is 7.31. The normalized spacial score (nSPS) is 39.2. The predicted octanol–water partition coefficient (Wildman–Crippen LogP) is 1.57. The van der Waals surface area contributed by atoms with E-state index in [1.54, 1.807) is 0 Å². The number of nitrogens with one attached hydrogen (secondary N) is 1. The van der Waals surface area contributed by atoms with E-state index in [0.29, 0.717) is 24.2 Å². The van der Waals surface area contributed by atoms with Gasteiger partial charge in [0.05, 0.1) is 18.8 Å². The largest absolute Gasteiger partial charge is 0.381 e. The highest BCUT2D eigenvalue weighted by Gasteiger charge is 2.34. The molecule has 3 heteroatoms. The average Bonchev–Trinajstić information content (AvgIpc) is 2.68. The first-order valence-corrected chi connectivity index (χ1v) is 6.21. The molecule has 0 bridgehead atoms. The van der Waals surface area contributed by atoms with Crippen LogP contribution in [0.25, 0.3) is 0 Å². The molecule has 1 N–H and O–H groups in total. The monoisotopic (exact) mass is 213 g/mol. The Morgan fingerprint density at radius 1 is 1.27 bits per heavy atom. The third kappa shape index (κ3) is 2.71. The Bertz CT molecular complexity index is 187. The molecule has 0 aromatic carbocycles.